The van der Waals surface area contributed by atoms with Crippen molar-refractivity contribution in [2.24, 2.45) is 70.0 Å². The molecule has 0 aliphatic heterocycles. The van der Waals surface area contributed by atoms with Crippen LogP contribution in [-0.2, 0) is 9.53 Å². The van der Waals surface area contributed by atoms with Crippen LogP contribution in [0.1, 0.15) is 202 Å². The van der Waals surface area contributed by atoms with Gasteiger partial charge in [0.15, 0.2) is 0 Å². The molecule has 12 unspecified atom stereocenters. The molecule has 0 heterocycles. The fraction of sp³-hybridized carbons (Fsp3) is 0.936. The van der Waals surface area contributed by atoms with Gasteiger partial charge in [-0.1, -0.05) is 130 Å². The van der Waals surface area contributed by atoms with Crippen molar-refractivity contribution in [1.82, 2.24) is 0 Å². The van der Waals surface area contributed by atoms with Crippen LogP contribution >= 0.6 is 0 Å². The Balaban J connectivity index is 0.850. The Bertz CT molecular complexity index is 1090. The molecule has 2 heteroatoms. The maximum Gasteiger partial charge on any atom is 0.306 e. The summed E-state index contributed by atoms with van der Waals surface area (Å²) in [7, 11) is 0. The highest BCUT2D eigenvalue weighted by Crippen LogP contribution is 2.67. The first-order chi connectivity index (χ1) is 23.6. The molecule has 6 aliphatic carbocycles. The van der Waals surface area contributed by atoms with E-state index in [0.717, 1.165) is 78.4 Å². The number of hydrogen-bond acceptors (Lipinski definition) is 2. The standard InChI is InChI=1S/C47H80O2/c1-7-8-12-18-35-29-37(35)31-38-30-36(38)19-13-10-9-11-14-20-45(48)49-40-25-27-46(5)39(32-40)21-22-41-43-24-23-42(34(4)17-15-16-33(2)3)47(43,6)28-26-44(41)46/h21,33-38,40-44H,7-20,22-32H2,1-6H3. The maximum absolute atomic E-state index is 12.9. The number of rotatable bonds is 20. The molecule has 5 fully saturated rings. The van der Waals surface area contributed by atoms with E-state index in [-0.39, 0.29) is 12.1 Å². The monoisotopic (exact) mass is 677 g/mol. The number of carbonyl (C=O) groups is 1. The minimum atomic E-state index is 0.0738. The highest BCUT2D eigenvalue weighted by atomic mass is 16.5. The number of esters is 1. The van der Waals surface area contributed by atoms with Crippen LogP contribution in [0, 0.1) is 70.0 Å². The Morgan fingerprint density at radius 1 is 0.796 bits per heavy atom. The molecule has 0 amide bonds. The quantitative estimate of drug-likeness (QED) is 0.0729. The van der Waals surface area contributed by atoms with E-state index < -0.39 is 0 Å². The Labute approximate surface area is 304 Å². The topological polar surface area (TPSA) is 26.3 Å². The van der Waals surface area contributed by atoms with E-state index >= 15 is 0 Å². The van der Waals surface area contributed by atoms with E-state index in [1.807, 2.05) is 0 Å². The number of fused-ring (bicyclic) bond motifs is 5. The second-order valence-electron chi connectivity index (χ2n) is 20.2. The number of hydrogen-bond donors (Lipinski definition) is 0. The van der Waals surface area contributed by atoms with Crippen molar-refractivity contribution in [2.75, 3.05) is 0 Å². The van der Waals surface area contributed by atoms with Crippen molar-refractivity contribution in [1.29, 1.82) is 0 Å². The van der Waals surface area contributed by atoms with Gasteiger partial charge in [-0.2, -0.15) is 0 Å². The molecule has 280 valence electrons. The summed E-state index contributed by atoms with van der Waals surface area (Å²) in [4.78, 5) is 12.9. The SMILES string of the molecule is CCCCCC1CC1CC1CC1CCCCCCCC(=O)OC1CCC2(C)C(=CCC3C2CCC2(C)C(C(C)CCCC(C)C)CCC32)C1. The molecular formula is C47H80O2. The molecule has 0 radical (unpaired) electrons. The first kappa shape index (κ1) is 38.0. The highest BCUT2D eigenvalue weighted by Gasteiger charge is 2.59. The van der Waals surface area contributed by atoms with Gasteiger partial charge in [0.2, 0.25) is 0 Å². The summed E-state index contributed by atoms with van der Waals surface area (Å²) in [5.74, 6) is 9.69. The number of unbranched alkanes of at least 4 members (excludes halogenated alkanes) is 6. The van der Waals surface area contributed by atoms with Crippen LogP contribution in [-0.4, -0.2) is 12.1 Å². The first-order valence-corrected chi connectivity index (χ1v) is 22.5. The largest absolute Gasteiger partial charge is 0.462 e. The zero-order valence-electron chi connectivity index (χ0n) is 33.4. The second kappa shape index (κ2) is 16.9. The van der Waals surface area contributed by atoms with Crippen LogP contribution in [0.25, 0.3) is 0 Å². The molecule has 0 aromatic carbocycles. The predicted molar refractivity (Wildman–Crippen MR) is 207 cm³/mol. The third-order valence-corrected chi connectivity index (χ3v) is 16.4. The van der Waals surface area contributed by atoms with E-state index in [0.29, 0.717) is 17.3 Å². The highest BCUT2D eigenvalue weighted by molar-refractivity contribution is 5.69. The molecule has 2 nitrogen and oxygen atoms in total. The van der Waals surface area contributed by atoms with E-state index in [2.05, 4.69) is 47.6 Å². The van der Waals surface area contributed by atoms with Crippen molar-refractivity contribution in [3.05, 3.63) is 11.6 Å². The van der Waals surface area contributed by atoms with E-state index in [9.17, 15) is 4.79 Å². The normalized spacial score (nSPS) is 39.9. The fourth-order valence-electron chi connectivity index (χ4n) is 13.2. The van der Waals surface area contributed by atoms with Gasteiger partial charge < -0.3 is 4.74 Å². The molecule has 5 saturated carbocycles. The lowest BCUT2D eigenvalue weighted by molar-refractivity contribution is -0.151. The average molecular weight is 677 g/mol. The third-order valence-electron chi connectivity index (χ3n) is 16.4. The molecule has 0 N–H and O–H groups in total. The Kier molecular flexibility index (Phi) is 13.1. The van der Waals surface area contributed by atoms with E-state index in [4.69, 9.17) is 4.74 Å². The van der Waals surface area contributed by atoms with Gasteiger partial charge in [-0.3, -0.25) is 4.79 Å². The molecule has 0 aromatic rings. The van der Waals surface area contributed by atoms with Gasteiger partial charge in [0, 0.05) is 12.8 Å². The van der Waals surface area contributed by atoms with E-state index in [1.165, 1.54) is 122 Å². The molecule has 12 atom stereocenters. The van der Waals surface area contributed by atoms with Crippen LogP contribution < -0.4 is 0 Å². The average Bonchev–Trinajstić information content (AvgIpc) is 3.96. The molecule has 6 aliphatic rings. The third kappa shape index (κ3) is 9.24. The lowest BCUT2D eigenvalue weighted by atomic mass is 9.47. The van der Waals surface area contributed by atoms with Crippen molar-refractivity contribution in [3.8, 4) is 0 Å². The predicted octanol–water partition coefficient (Wildman–Crippen LogP) is 13.9. The van der Waals surface area contributed by atoms with E-state index in [1.54, 1.807) is 18.4 Å². The van der Waals surface area contributed by atoms with Crippen molar-refractivity contribution in [3.63, 3.8) is 0 Å². The zero-order chi connectivity index (χ0) is 34.6. The lowest BCUT2D eigenvalue weighted by Crippen LogP contribution is -2.51. The summed E-state index contributed by atoms with van der Waals surface area (Å²) < 4.78 is 6.16. The zero-order valence-corrected chi connectivity index (χ0v) is 33.4. The number of carbonyl (C=O) groups excluding carboxylic acids is 1. The molecule has 0 spiro atoms. The molecule has 0 bridgehead atoms. The summed E-state index contributed by atoms with van der Waals surface area (Å²) in [5.41, 5.74) is 2.54. The van der Waals surface area contributed by atoms with Gasteiger partial charge >= 0.3 is 5.97 Å². The minimum Gasteiger partial charge on any atom is -0.462 e. The minimum absolute atomic E-state index is 0.0738. The Morgan fingerprint density at radius 2 is 1.51 bits per heavy atom. The van der Waals surface area contributed by atoms with Crippen molar-refractivity contribution < 1.29 is 9.53 Å². The molecule has 6 rings (SSSR count). The summed E-state index contributed by atoms with van der Waals surface area (Å²) in [6.07, 6.45) is 36.2. The van der Waals surface area contributed by atoms with Gasteiger partial charge in [0.25, 0.3) is 0 Å². The summed E-state index contributed by atoms with van der Waals surface area (Å²) in [6, 6.07) is 0. The summed E-state index contributed by atoms with van der Waals surface area (Å²) >= 11 is 0. The second-order valence-corrected chi connectivity index (χ2v) is 20.2. The Hall–Kier alpha value is -0.790. The van der Waals surface area contributed by atoms with Gasteiger partial charge in [0.05, 0.1) is 0 Å². The van der Waals surface area contributed by atoms with Crippen LogP contribution in [0.3, 0.4) is 0 Å². The van der Waals surface area contributed by atoms with Crippen LogP contribution in [0.15, 0.2) is 11.6 Å². The van der Waals surface area contributed by atoms with Crippen molar-refractivity contribution in [2.45, 2.75) is 208 Å². The molecule has 0 aromatic heterocycles. The maximum atomic E-state index is 12.9. The first-order valence-electron chi connectivity index (χ1n) is 22.5. The molecule has 49 heavy (non-hydrogen) atoms. The Morgan fingerprint density at radius 3 is 2.24 bits per heavy atom. The van der Waals surface area contributed by atoms with Crippen LogP contribution in [0.5, 0.6) is 0 Å². The number of ether oxygens (including phenoxy) is 1. The van der Waals surface area contributed by atoms with Crippen LogP contribution in [0.4, 0.5) is 0 Å². The fourth-order valence-corrected chi connectivity index (χ4v) is 13.2. The number of allylic oxidation sites excluding steroid dienone is 1. The summed E-state index contributed by atoms with van der Waals surface area (Å²) in [5, 5.41) is 0. The molecular weight excluding hydrogens is 597 g/mol. The smallest absolute Gasteiger partial charge is 0.306 e. The van der Waals surface area contributed by atoms with Gasteiger partial charge in [-0.25, -0.2) is 0 Å². The van der Waals surface area contributed by atoms with Gasteiger partial charge in [-0.15, -0.1) is 0 Å². The lowest BCUT2D eigenvalue weighted by Gasteiger charge is -2.58. The molecule has 0 saturated heterocycles. The van der Waals surface area contributed by atoms with Crippen molar-refractivity contribution >= 4 is 5.97 Å². The van der Waals surface area contributed by atoms with Gasteiger partial charge in [0.1, 0.15) is 6.10 Å². The van der Waals surface area contributed by atoms with Gasteiger partial charge in [-0.05, 0) is 141 Å². The summed E-state index contributed by atoms with van der Waals surface area (Å²) in [6.45, 7) is 15.0. The van der Waals surface area contributed by atoms with Crippen LogP contribution in [0.2, 0.25) is 0 Å².